The first-order valence-electron chi connectivity index (χ1n) is 3.27. The summed E-state index contributed by atoms with van der Waals surface area (Å²) in [6.07, 6.45) is 0.961. The summed E-state index contributed by atoms with van der Waals surface area (Å²) >= 11 is -1.77. The van der Waals surface area contributed by atoms with E-state index < -0.39 is 11.3 Å². The normalized spacial score (nSPS) is 30.8. The third kappa shape index (κ3) is 1.76. The lowest BCUT2D eigenvalue weighted by molar-refractivity contribution is 0.444. The number of nitrogens with one attached hydrogen (secondary N) is 1. The summed E-state index contributed by atoms with van der Waals surface area (Å²) in [6.45, 7) is 1.40. The Morgan fingerprint density at radius 1 is 1.80 bits per heavy atom. The Morgan fingerprint density at radius 2 is 2.50 bits per heavy atom. The fraction of sp³-hybridized carbons (Fsp3) is 1.00. The molecule has 0 aromatic carbocycles. The fourth-order valence-electron chi connectivity index (χ4n) is 1.11. The molecule has 1 fully saturated rings. The molecule has 0 aromatic heterocycles. The molecule has 5 heteroatoms. The highest BCUT2D eigenvalue weighted by atomic mass is 32.2. The third-order valence-electron chi connectivity index (χ3n) is 1.78. The van der Waals surface area contributed by atoms with E-state index in [1.165, 1.54) is 0 Å². The molecule has 1 aliphatic rings. The molecule has 2 atom stereocenters. The van der Waals surface area contributed by atoms with E-state index in [-0.39, 0.29) is 0 Å². The third-order valence-corrected chi connectivity index (χ3v) is 2.55. The Hall–Kier alpha value is 0.0300. The van der Waals surface area contributed by atoms with Crippen molar-refractivity contribution in [2.45, 2.75) is 12.5 Å². The van der Waals surface area contributed by atoms with Crippen molar-refractivity contribution in [1.82, 2.24) is 9.62 Å². The van der Waals surface area contributed by atoms with Gasteiger partial charge in [-0.1, -0.05) is 0 Å². The van der Waals surface area contributed by atoms with E-state index in [1.807, 2.05) is 7.05 Å². The van der Waals surface area contributed by atoms with Gasteiger partial charge in [-0.2, -0.15) is 4.31 Å². The van der Waals surface area contributed by atoms with Gasteiger partial charge in [0, 0.05) is 19.1 Å². The Morgan fingerprint density at radius 3 is 2.80 bits per heavy atom. The summed E-state index contributed by atoms with van der Waals surface area (Å²) in [5, 5.41) is 3.06. The molecule has 1 aliphatic heterocycles. The van der Waals surface area contributed by atoms with Crippen LogP contribution in [0.3, 0.4) is 0 Å². The van der Waals surface area contributed by atoms with Gasteiger partial charge in [-0.3, -0.25) is 4.55 Å². The maximum Gasteiger partial charge on any atom is 0.234 e. The molecule has 1 heterocycles. The lowest BCUT2D eigenvalue weighted by atomic mass is 10.3. The lowest BCUT2D eigenvalue weighted by Gasteiger charge is -2.09. The second-order valence-corrected chi connectivity index (χ2v) is 3.37. The Labute approximate surface area is 63.0 Å². The average molecular weight is 164 g/mol. The largest absolute Gasteiger partial charge is 0.316 e. The van der Waals surface area contributed by atoms with Gasteiger partial charge in [-0.25, -0.2) is 4.21 Å². The van der Waals surface area contributed by atoms with Gasteiger partial charge < -0.3 is 5.32 Å². The van der Waals surface area contributed by atoms with Crippen molar-refractivity contribution in [2.75, 3.05) is 20.1 Å². The monoisotopic (exact) mass is 164 g/mol. The lowest BCUT2D eigenvalue weighted by Crippen LogP contribution is -2.30. The molecular weight excluding hydrogens is 152 g/mol. The van der Waals surface area contributed by atoms with Crippen LogP contribution in [0.1, 0.15) is 6.42 Å². The molecule has 0 aromatic rings. The fourth-order valence-corrected chi connectivity index (χ4v) is 1.67. The van der Waals surface area contributed by atoms with Crippen LogP contribution in [-0.4, -0.2) is 39.2 Å². The van der Waals surface area contributed by atoms with Crippen molar-refractivity contribution < 1.29 is 8.76 Å². The second kappa shape index (κ2) is 3.43. The number of rotatable bonds is 2. The van der Waals surface area contributed by atoms with Crippen molar-refractivity contribution in [1.29, 1.82) is 0 Å². The zero-order valence-electron chi connectivity index (χ0n) is 5.91. The topological polar surface area (TPSA) is 52.6 Å². The minimum absolute atomic E-state index is 0.385. The summed E-state index contributed by atoms with van der Waals surface area (Å²) in [6, 6.07) is 0.385. The molecule has 0 radical (unpaired) electrons. The van der Waals surface area contributed by atoms with Gasteiger partial charge in [0.25, 0.3) is 0 Å². The molecule has 0 saturated carbocycles. The number of hydrogen-bond donors (Lipinski definition) is 2. The smallest absolute Gasteiger partial charge is 0.234 e. The van der Waals surface area contributed by atoms with Crippen molar-refractivity contribution in [3.63, 3.8) is 0 Å². The van der Waals surface area contributed by atoms with Crippen LogP contribution >= 0.6 is 0 Å². The van der Waals surface area contributed by atoms with Gasteiger partial charge in [0.15, 0.2) is 0 Å². The molecule has 0 bridgehead atoms. The van der Waals surface area contributed by atoms with E-state index in [1.54, 1.807) is 4.31 Å². The van der Waals surface area contributed by atoms with Gasteiger partial charge in [0.05, 0.1) is 0 Å². The Bertz CT molecular complexity index is 142. The molecule has 0 aliphatic carbocycles. The van der Waals surface area contributed by atoms with Crippen LogP contribution < -0.4 is 5.32 Å². The molecule has 0 amide bonds. The number of likely N-dealkylation sites (N-methyl/N-ethyl adjacent to an activating group) is 1. The van der Waals surface area contributed by atoms with Crippen molar-refractivity contribution in [3.8, 4) is 0 Å². The molecule has 0 spiro atoms. The van der Waals surface area contributed by atoms with Crippen LogP contribution in [0.15, 0.2) is 0 Å². The zero-order valence-corrected chi connectivity index (χ0v) is 6.73. The van der Waals surface area contributed by atoms with Crippen molar-refractivity contribution in [2.24, 2.45) is 0 Å². The van der Waals surface area contributed by atoms with Crippen LogP contribution in [-0.2, 0) is 11.3 Å². The maximum absolute atomic E-state index is 10.5. The van der Waals surface area contributed by atoms with Gasteiger partial charge in [0.1, 0.15) is 0 Å². The van der Waals surface area contributed by atoms with Crippen LogP contribution in [0.5, 0.6) is 0 Å². The molecular formula is C5H12N2O2S. The first-order chi connectivity index (χ1) is 4.74. The minimum Gasteiger partial charge on any atom is -0.316 e. The van der Waals surface area contributed by atoms with E-state index in [0.29, 0.717) is 19.1 Å². The summed E-state index contributed by atoms with van der Waals surface area (Å²) in [5.74, 6) is 0. The number of nitrogens with zero attached hydrogens (tertiary/aromatic N) is 1. The van der Waals surface area contributed by atoms with Crippen LogP contribution in [0, 0.1) is 0 Å². The summed E-state index contributed by atoms with van der Waals surface area (Å²) in [5.41, 5.74) is 0. The van der Waals surface area contributed by atoms with Crippen molar-refractivity contribution in [3.05, 3.63) is 0 Å². The maximum atomic E-state index is 10.5. The molecule has 2 N–H and O–H groups in total. The Kier molecular flexibility index (Phi) is 2.79. The first-order valence-corrected chi connectivity index (χ1v) is 4.33. The average Bonchev–Trinajstić information content (AvgIpc) is 2.34. The molecule has 10 heavy (non-hydrogen) atoms. The molecule has 1 rings (SSSR count). The van der Waals surface area contributed by atoms with Crippen LogP contribution in [0.2, 0.25) is 0 Å². The summed E-state index contributed by atoms with van der Waals surface area (Å²) in [4.78, 5) is 0. The predicted octanol–water partition coefficient (Wildman–Crippen LogP) is -0.583. The molecule has 4 nitrogen and oxygen atoms in total. The van der Waals surface area contributed by atoms with E-state index in [9.17, 15) is 4.21 Å². The first kappa shape index (κ1) is 8.13. The van der Waals surface area contributed by atoms with Crippen LogP contribution in [0.4, 0.5) is 0 Å². The van der Waals surface area contributed by atoms with Crippen molar-refractivity contribution >= 4 is 11.3 Å². The van der Waals surface area contributed by atoms with Gasteiger partial charge >= 0.3 is 0 Å². The zero-order chi connectivity index (χ0) is 7.56. The van der Waals surface area contributed by atoms with Crippen LogP contribution in [0.25, 0.3) is 0 Å². The molecule has 60 valence electrons. The predicted molar refractivity (Wildman–Crippen MR) is 39.8 cm³/mol. The SMILES string of the molecule is CNC1CCN(S(=O)O)C1. The van der Waals surface area contributed by atoms with Gasteiger partial charge in [-0.05, 0) is 13.5 Å². The number of hydrogen-bond acceptors (Lipinski definition) is 2. The summed E-state index contributed by atoms with van der Waals surface area (Å²) in [7, 11) is 1.87. The van der Waals surface area contributed by atoms with E-state index in [2.05, 4.69) is 5.32 Å². The standard InChI is InChI=1S/C5H12N2O2S/c1-6-5-2-3-7(4-5)10(8)9/h5-6H,2-4H2,1H3,(H,8,9). The van der Waals surface area contributed by atoms with E-state index in [0.717, 1.165) is 6.42 Å². The quantitative estimate of drug-likeness (QED) is 0.537. The Balaban J connectivity index is 2.35. The minimum atomic E-state index is -1.77. The highest BCUT2D eigenvalue weighted by molar-refractivity contribution is 7.76. The van der Waals surface area contributed by atoms with E-state index in [4.69, 9.17) is 4.55 Å². The molecule has 2 unspecified atom stereocenters. The summed E-state index contributed by atoms with van der Waals surface area (Å²) < 4.78 is 20.7. The van der Waals surface area contributed by atoms with Gasteiger partial charge in [0.2, 0.25) is 11.3 Å². The highest BCUT2D eigenvalue weighted by Gasteiger charge is 2.23. The molecule has 1 saturated heterocycles. The van der Waals surface area contributed by atoms with E-state index >= 15 is 0 Å². The second-order valence-electron chi connectivity index (χ2n) is 2.39. The van der Waals surface area contributed by atoms with Gasteiger partial charge in [-0.15, -0.1) is 0 Å². The highest BCUT2D eigenvalue weighted by Crippen LogP contribution is 2.08.